The Hall–Kier alpha value is -3.40. The lowest BCUT2D eigenvalue weighted by molar-refractivity contribution is -0.115. The van der Waals surface area contributed by atoms with E-state index in [-0.39, 0.29) is 5.91 Å². The number of nitrogen functional groups attached to an aromatic ring is 1. The van der Waals surface area contributed by atoms with Crippen LogP contribution in [0.4, 0.5) is 11.4 Å². The topological polar surface area (TPSA) is 108 Å². The number of rotatable bonds is 8. The van der Waals surface area contributed by atoms with Crippen LogP contribution in [0, 0.1) is 0 Å². The number of nitrogens with one attached hydrogen (secondary N) is 1. The van der Waals surface area contributed by atoms with E-state index in [0.717, 1.165) is 24.3 Å². The molecule has 4 rings (SSSR count). The van der Waals surface area contributed by atoms with Crippen molar-refractivity contribution in [2.45, 2.75) is 36.6 Å². The van der Waals surface area contributed by atoms with Crippen LogP contribution in [0.2, 0.25) is 0 Å². The molecule has 1 amide bonds. The summed E-state index contributed by atoms with van der Waals surface area (Å²) in [5, 5.41) is 11.4. The summed E-state index contributed by atoms with van der Waals surface area (Å²) in [6.07, 6.45) is 3.76. The number of methoxy groups -OCH3 is 2. The number of ether oxygens (including phenoxy) is 2. The fraction of sp³-hybridized carbons (Fsp3) is 0.375. The van der Waals surface area contributed by atoms with Gasteiger partial charge in [-0.2, -0.15) is 0 Å². The van der Waals surface area contributed by atoms with Gasteiger partial charge in [0.05, 0.1) is 19.5 Å². The summed E-state index contributed by atoms with van der Waals surface area (Å²) in [6.45, 7) is 3.99. The molecule has 2 heterocycles. The first-order chi connectivity index (χ1) is 16.5. The maximum Gasteiger partial charge on any atom is 0.237 e. The van der Waals surface area contributed by atoms with Gasteiger partial charge < -0.3 is 25.5 Å². The van der Waals surface area contributed by atoms with Crippen molar-refractivity contribution in [1.82, 2.24) is 14.9 Å². The third-order valence-corrected chi connectivity index (χ3v) is 6.87. The molecule has 1 aliphatic rings. The van der Waals surface area contributed by atoms with Crippen molar-refractivity contribution in [1.29, 1.82) is 0 Å². The summed E-state index contributed by atoms with van der Waals surface area (Å²) in [5.41, 5.74) is 2.68. The second-order valence-electron chi connectivity index (χ2n) is 8.09. The minimum absolute atomic E-state index is 0.133. The average molecular weight is 483 g/mol. The third-order valence-electron chi connectivity index (χ3n) is 5.81. The highest BCUT2D eigenvalue weighted by molar-refractivity contribution is 8.00. The number of aromatic nitrogens is 3. The van der Waals surface area contributed by atoms with E-state index in [2.05, 4.69) is 32.5 Å². The molecule has 180 valence electrons. The maximum absolute atomic E-state index is 12.8. The summed E-state index contributed by atoms with van der Waals surface area (Å²) in [7, 11) is 3.14. The molecule has 1 aromatic heterocycles. The predicted octanol–water partition coefficient (Wildman–Crippen LogP) is 3.79. The van der Waals surface area contributed by atoms with Gasteiger partial charge in [-0.25, -0.2) is 4.68 Å². The summed E-state index contributed by atoms with van der Waals surface area (Å²) >= 11 is 1.24. The number of thioether (sulfide) groups is 1. The highest BCUT2D eigenvalue weighted by Crippen LogP contribution is 2.32. The summed E-state index contributed by atoms with van der Waals surface area (Å²) in [4.78, 5) is 15.2. The van der Waals surface area contributed by atoms with Gasteiger partial charge in [0.1, 0.15) is 0 Å². The average Bonchev–Trinajstić information content (AvgIpc) is 3.24. The lowest BCUT2D eigenvalue weighted by Crippen LogP contribution is -2.29. The van der Waals surface area contributed by atoms with Crippen LogP contribution in [-0.2, 0) is 4.79 Å². The third kappa shape index (κ3) is 5.22. The van der Waals surface area contributed by atoms with E-state index in [1.807, 2.05) is 25.1 Å². The first-order valence-electron chi connectivity index (χ1n) is 11.3. The van der Waals surface area contributed by atoms with Gasteiger partial charge in [0.2, 0.25) is 11.1 Å². The quantitative estimate of drug-likeness (QED) is 0.369. The van der Waals surface area contributed by atoms with Gasteiger partial charge in [-0.1, -0.05) is 11.8 Å². The molecule has 1 fully saturated rings. The molecule has 0 spiro atoms. The number of carbonyl (C=O) groups is 1. The Labute approximate surface area is 203 Å². The molecule has 10 heteroatoms. The Morgan fingerprint density at radius 1 is 1.03 bits per heavy atom. The molecule has 1 saturated heterocycles. The van der Waals surface area contributed by atoms with Crippen LogP contribution < -0.4 is 25.5 Å². The minimum Gasteiger partial charge on any atom is -0.493 e. The zero-order valence-electron chi connectivity index (χ0n) is 19.7. The smallest absolute Gasteiger partial charge is 0.237 e. The van der Waals surface area contributed by atoms with Crippen LogP contribution in [0.3, 0.4) is 0 Å². The largest absolute Gasteiger partial charge is 0.493 e. The zero-order valence-corrected chi connectivity index (χ0v) is 20.5. The molecule has 3 aromatic rings. The highest BCUT2D eigenvalue weighted by atomic mass is 32.2. The normalized spacial score (nSPS) is 14.5. The van der Waals surface area contributed by atoms with Gasteiger partial charge >= 0.3 is 0 Å². The van der Waals surface area contributed by atoms with Gasteiger partial charge in [-0.3, -0.25) is 4.79 Å². The number of nitrogens with two attached hydrogens (primary N) is 1. The van der Waals surface area contributed by atoms with E-state index in [1.54, 1.807) is 26.4 Å². The molecule has 0 aliphatic carbocycles. The van der Waals surface area contributed by atoms with E-state index in [0.29, 0.717) is 22.5 Å². The van der Waals surface area contributed by atoms with Gasteiger partial charge in [0.15, 0.2) is 17.3 Å². The monoisotopic (exact) mass is 482 g/mol. The first kappa shape index (κ1) is 23.7. The van der Waals surface area contributed by atoms with Crippen molar-refractivity contribution in [2.24, 2.45) is 0 Å². The molecular formula is C24H30N6O3S. The van der Waals surface area contributed by atoms with Crippen LogP contribution in [0.5, 0.6) is 11.5 Å². The molecule has 0 radical (unpaired) electrons. The van der Waals surface area contributed by atoms with E-state index in [4.69, 9.17) is 15.3 Å². The molecule has 1 atom stereocenters. The Morgan fingerprint density at radius 3 is 2.41 bits per heavy atom. The fourth-order valence-electron chi connectivity index (χ4n) is 3.89. The highest BCUT2D eigenvalue weighted by Gasteiger charge is 2.21. The summed E-state index contributed by atoms with van der Waals surface area (Å²) in [5.74, 6) is 7.75. The van der Waals surface area contributed by atoms with Crippen molar-refractivity contribution in [3.8, 4) is 22.9 Å². The van der Waals surface area contributed by atoms with E-state index < -0.39 is 5.25 Å². The Kier molecular flexibility index (Phi) is 7.46. The van der Waals surface area contributed by atoms with Crippen molar-refractivity contribution < 1.29 is 14.3 Å². The van der Waals surface area contributed by atoms with E-state index in [9.17, 15) is 4.79 Å². The van der Waals surface area contributed by atoms with Crippen molar-refractivity contribution in [2.75, 3.05) is 43.4 Å². The molecule has 34 heavy (non-hydrogen) atoms. The molecular weight excluding hydrogens is 452 g/mol. The second-order valence-corrected chi connectivity index (χ2v) is 9.40. The van der Waals surface area contributed by atoms with E-state index in [1.165, 1.54) is 41.4 Å². The number of hydrogen-bond donors (Lipinski definition) is 2. The molecule has 1 unspecified atom stereocenters. The van der Waals surface area contributed by atoms with Gasteiger partial charge in [-0.15, -0.1) is 10.2 Å². The molecule has 9 nitrogen and oxygen atoms in total. The van der Waals surface area contributed by atoms with Crippen LogP contribution in [0.25, 0.3) is 11.4 Å². The Bertz CT molecular complexity index is 1130. The fourth-order valence-corrected chi connectivity index (χ4v) is 4.66. The van der Waals surface area contributed by atoms with Crippen LogP contribution in [0.1, 0.15) is 26.2 Å². The minimum atomic E-state index is -0.425. The van der Waals surface area contributed by atoms with Crippen LogP contribution in [0.15, 0.2) is 47.6 Å². The van der Waals surface area contributed by atoms with Crippen molar-refractivity contribution in [3.05, 3.63) is 42.5 Å². The molecule has 3 N–H and O–H groups in total. The van der Waals surface area contributed by atoms with Gasteiger partial charge in [0.25, 0.3) is 0 Å². The lowest BCUT2D eigenvalue weighted by Gasteiger charge is -2.28. The molecule has 1 aliphatic heterocycles. The zero-order chi connectivity index (χ0) is 24.1. The van der Waals surface area contributed by atoms with E-state index >= 15 is 0 Å². The summed E-state index contributed by atoms with van der Waals surface area (Å²) in [6, 6.07) is 13.4. The van der Waals surface area contributed by atoms with Gasteiger partial charge in [0, 0.05) is 30.0 Å². The second kappa shape index (κ2) is 10.7. The van der Waals surface area contributed by atoms with Crippen molar-refractivity contribution in [3.63, 3.8) is 0 Å². The van der Waals surface area contributed by atoms with Crippen LogP contribution >= 0.6 is 11.8 Å². The number of piperidine rings is 1. The number of benzene rings is 2. The lowest BCUT2D eigenvalue weighted by atomic mass is 10.1. The molecule has 0 bridgehead atoms. The summed E-state index contributed by atoms with van der Waals surface area (Å²) < 4.78 is 12.0. The SMILES string of the molecule is COc1ccc(-c2nnc(SC(C)C(=O)Nc3ccc(N4CCCCC4)cc3)n2N)cc1OC. The Morgan fingerprint density at radius 2 is 1.74 bits per heavy atom. The number of carbonyl (C=O) groups excluding carboxylic acids is 1. The standard InChI is InChI=1S/C24H30N6O3S/c1-16(23(31)26-18-8-10-19(11-9-18)29-13-5-4-6-14-29)34-24-28-27-22(30(24)25)17-7-12-20(32-2)21(15-17)33-3/h7-12,15-16H,4-6,13-14,25H2,1-3H3,(H,26,31). The number of amides is 1. The number of anilines is 2. The van der Waals surface area contributed by atoms with Crippen LogP contribution in [-0.4, -0.2) is 53.3 Å². The predicted molar refractivity (Wildman–Crippen MR) is 135 cm³/mol. The molecule has 2 aromatic carbocycles. The molecule has 0 saturated carbocycles. The maximum atomic E-state index is 12.8. The van der Waals surface area contributed by atoms with Gasteiger partial charge in [-0.05, 0) is 68.7 Å². The Balaban J connectivity index is 1.39. The first-order valence-corrected chi connectivity index (χ1v) is 12.1. The number of nitrogens with zero attached hydrogens (tertiary/aromatic N) is 4. The van der Waals surface area contributed by atoms with Crippen molar-refractivity contribution >= 4 is 29.0 Å². The number of hydrogen-bond acceptors (Lipinski definition) is 8.